The van der Waals surface area contributed by atoms with E-state index in [1.165, 1.54) is 50.1 Å². The first kappa shape index (κ1) is 19.0. The second-order valence-corrected chi connectivity index (χ2v) is 10.2. The molecule has 0 fully saturated rings. The van der Waals surface area contributed by atoms with E-state index in [1.807, 2.05) is 0 Å². The Kier molecular flexibility index (Phi) is 4.46. The van der Waals surface area contributed by atoms with E-state index in [0.717, 1.165) is 6.42 Å². The summed E-state index contributed by atoms with van der Waals surface area (Å²) in [5.74, 6) is 0. The van der Waals surface area contributed by atoms with Crippen LogP contribution in [-0.4, -0.2) is 0 Å². The Morgan fingerprint density at radius 1 is 0.731 bits per heavy atom. The Bertz CT molecular complexity index is 861. The fraction of sp³-hybridized carbons (Fsp3) is 0.462. The molecule has 0 unspecified atom stereocenters. The molecule has 1 aliphatic rings. The summed E-state index contributed by atoms with van der Waals surface area (Å²) in [4.78, 5) is 0. The van der Waals surface area contributed by atoms with Crippen LogP contribution in [0.5, 0.6) is 0 Å². The summed E-state index contributed by atoms with van der Waals surface area (Å²) in [7, 11) is 0. The van der Waals surface area contributed by atoms with E-state index < -0.39 is 0 Å². The van der Waals surface area contributed by atoms with Crippen LogP contribution in [0.15, 0.2) is 29.8 Å². The summed E-state index contributed by atoms with van der Waals surface area (Å²) >= 11 is 0. The number of allylic oxidation sites excluding steroid dienone is 1. The average Bonchev–Trinajstić information content (AvgIpc) is 2.90. The summed E-state index contributed by atoms with van der Waals surface area (Å²) in [5.41, 5.74) is 13.2. The summed E-state index contributed by atoms with van der Waals surface area (Å²) in [5, 5.41) is 0. The highest BCUT2D eigenvalue weighted by atomic mass is 14.3. The molecule has 1 aliphatic carbocycles. The number of aryl methyl sites for hydroxylation is 1. The van der Waals surface area contributed by atoms with Crippen molar-refractivity contribution in [3.05, 3.63) is 63.2 Å². The molecular formula is C26H34. The largest absolute Gasteiger partial charge is 0.0683 e. The number of hydrogen-bond acceptors (Lipinski definition) is 0. The van der Waals surface area contributed by atoms with Gasteiger partial charge in [0.15, 0.2) is 0 Å². The molecule has 0 atom stereocenters. The molecule has 0 saturated heterocycles. The van der Waals surface area contributed by atoms with Gasteiger partial charge in [-0.1, -0.05) is 77.5 Å². The molecule has 2 aromatic carbocycles. The fourth-order valence-corrected chi connectivity index (χ4v) is 3.86. The zero-order chi connectivity index (χ0) is 19.4. The summed E-state index contributed by atoms with van der Waals surface area (Å²) in [6, 6.07) is 9.64. The molecule has 138 valence electrons. The molecule has 0 aliphatic heterocycles. The van der Waals surface area contributed by atoms with Gasteiger partial charge in [-0.2, -0.15) is 0 Å². The molecule has 0 amide bonds. The first-order valence-electron chi connectivity index (χ1n) is 9.84. The zero-order valence-corrected chi connectivity index (χ0v) is 18.1. The molecule has 26 heavy (non-hydrogen) atoms. The van der Waals surface area contributed by atoms with Crippen LogP contribution < -0.4 is 0 Å². The number of hydrogen-bond donors (Lipinski definition) is 0. The van der Waals surface area contributed by atoms with Gasteiger partial charge in [-0.25, -0.2) is 0 Å². The average molecular weight is 347 g/mol. The van der Waals surface area contributed by atoms with Crippen molar-refractivity contribution in [1.82, 2.24) is 0 Å². The lowest BCUT2D eigenvalue weighted by Gasteiger charge is -2.27. The van der Waals surface area contributed by atoms with Crippen LogP contribution in [0.25, 0.3) is 17.2 Å². The highest BCUT2D eigenvalue weighted by molar-refractivity contribution is 5.83. The number of rotatable bonds is 1. The Balaban J connectivity index is 2.32. The Labute approximate surface area is 160 Å². The van der Waals surface area contributed by atoms with E-state index in [-0.39, 0.29) is 10.8 Å². The van der Waals surface area contributed by atoms with Crippen molar-refractivity contribution in [2.45, 2.75) is 79.6 Å². The quantitative estimate of drug-likeness (QED) is 0.500. The number of benzene rings is 2. The first-order chi connectivity index (χ1) is 11.9. The molecule has 0 nitrogen and oxygen atoms in total. The summed E-state index contributed by atoms with van der Waals surface area (Å²) in [6.07, 6.45) is 3.50. The Morgan fingerprint density at radius 2 is 1.27 bits per heavy atom. The molecule has 0 heteroatoms. The van der Waals surface area contributed by atoms with Crippen LogP contribution >= 0.6 is 0 Å². The molecule has 0 saturated carbocycles. The van der Waals surface area contributed by atoms with Gasteiger partial charge in [-0.05, 0) is 82.5 Å². The van der Waals surface area contributed by atoms with Crippen LogP contribution in [0.3, 0.4) is 0 Å². The predicted molar refractivity (Wildman–Crippen MR) is 116 cm³/mol. The van der Waals surface area contributed by atoms with E-state index in [1.54, 1.807) is 0 Å². The van der Waals surface area contributed by atoms with Gasteiger partial charge in [0.1, 0.15) is 0 Å². The fourth-order valence-electron chi connectivity index (χ4n) is 3.86. The number of fused-ring (bicyclic) bond motifs is 1. The third kappa shape index (κ3) is 3.39. The van der Waals surface area contributed by atoms with Crippen molar-refractivity contribution in [1.29, 1.82) is 0 Å². The minimum atomic E-state index is 0.144. The maximum Gasteiger partial charge on any atom is -0.00576 e. The summed E-state index contributed by atoms with van der Waals surface area (Å²) in [6.45, 7) is 20.7. The molecular weight excluding hydrogens is 312 g/mol. The van der Waals surface area contributed by atoms with Crippen molar-refractivity contribution in [2.75, 3.05) is 0 Å². The second kappa shape index (κ2) is 6.12. The smallest absolute Gasteiger partial charge is 0.00576 e. The van der Waals surface area contributed by atoms with Gasteiger partial charge in [0.2, 0.25) is 0 Å². The highest BCUT2D eigenvalue weighted by Crippen LogP contribution is 2.40. The zero-order valence-electron chi connectivity index (χ0n) is 18.1. The molecule has 2 aromatic rings. The summed E-state index contributed by atoms with van der Waals surface area (Å²) < 4.78 is 0. The Morgan fingerprint density at radius 3 is 1.77 bits per heavy atom. The van der Waals surface area contributed by atoms with Crippen molar-refractivity contribution >= 4 is 6.08 Å². The van der Waals surface area contributed by atoms with Crippen molar-refractivity contribution in [2.24, 2.45) is 0 Å². The van der Waals surface area contributed by atoms with Crippen LogP contribution in [0.2, 0.25) is 0 Å². The van der Waals surface area contributed by atoms with Gasteiger partial charge in [0.25, 0.3) is 0 Å². The first-order valence-corrected chi connectivity index (χ1v) is 9.84. The van der Waals surface area contributed by atoms with E-state index in [4.69, 9.17) is 0 Å². The lowest BCUT2D eigenvalue weighted by molar-refractivity contribution is 0.569. The lowest BCUT2D eigenvalue weighted by atomic mass is 9.78. The van der Waals surface area contributed by atoms with Gasteiger partial charge in [-0.3, -0.25) is 0 Å². The third-order valence-corrected chi connectivity index (χ3v) is 5.84. The van der Waals surface area contributed by atoms with Gasteiger partial charge in [0.05, 0.1) is 0 Å². The molecule has 0 spiro atoms. The maximum atomic E-state index is 2.42. The van der Waals surface area contributed by atoms with Crippen molar-refractivity contribution < 1.29 is 0 Å². The Hall–Kier alpha value is -1.82. The normalized spacial score (nSPS) is 14.4. The van der Waals surface area contributed by atoms with Gasteiger partial charge >= 0.3 is 0 Å². The SMILES string of the molecule is CC1=Cc2c(-c3cc(C(C)(C)C)cc(C(C)(C)C)c3)cc(C)c(C)c2C1. The van der Waals surface area contributed by atoms with Crippen molar-refractivity contribution in [3.8, 4) is 11.1 Å². The predicted octanol–water partition coefficient (Wildman–Crippen LogP) is 7.52. The van der Waals surface area contributed by atoms with Crippen molar-refractivity contribution in [3.63, 3.8) is 0 Å². The van der Waals surface area contributed by atoms with Gasteiger partial charge < -0.3 is 0 Å². The van der Waals surface area contributed by atoms with Crippen LogP contribution in [-0.2, 0) is 17.3 Å². The molecule has 0 N–H and O–H groups in total. The minimum absolute atomic E-state index is 0.144. The van der Waals surface area contributed by atoms with Gasteiger partial charge in [0, 0.05) is 0 Å². The molecule has 3 rings (SSSR count). The molecule has 0 aromatic heterocycles. The maximum absolute atomic E-state index is 2.42. The minimum Gasteiger partial charge on any atom is -0.0683 e. The topological polar surface area (TPSA) is 0 Å². The van der Waals surface area contributed by atoms with E-state index in [2.05, 4.69) is 92.7 Å². The van der Waals surface area contributed by atoms with Crippen LogP contribution in [0.4, 0.5) is 0 Å². The van der Waals surface area contributed by atoms with E-state index in [0.29, 0.717) is 0 Å². The second-order valence-electron chi connectivity index (χ2n) is 10.2. The van der Waals surface area contributed by atoms with Gasteiger partial charge in [-0.15, -0.1) is 0 Å². The van der Waals surface area contributed by atoms with E-state index >= 15 is 0 Å². The lowest BCUT2D eigenvalue weighted by Crippen LogP contribution is -2.16. The third-order valence-electron chi connectivity index (χ3n) is 5.84. The highest BCUT2D eigenvalue weighted by Gasteiger charge is 2.23. The monoisotopic (exact) mass is 346 g/mol. The van der Waals surface area contributed by atoms with Crippen LogP contribution in [0.1, 0.15) is 81.8 Å². The standard InChI is InChI=1S/C26H34/c1-16-10-22-18(3)17(2)12-23(24(22)11-16)19-13-20(25(4,5)6)15-21(14-19)26(7,8)9/h11-15H,10H2,1-9H3. The molecule has 0 heterocycles. The van der Waals surface area contributed by atoms with Crippen LogP contribution in [0, 0.1) is 13.8 Å². The molecule has 0 bridgehead atoms. The molecule has 0 radical (unpaired) electrons. The van der Waals surface area contributed by atoms with E-state index in [9.17, 15) is 0 Å².